The third-order valence-electron chi connectivity index (χ3n) is 4.69. The fourth-order valence-corrected chi connectivity index (χ4v) is 4.55. The van der Waals surface area contributed by atoms with E-state index in [0.717, 1.165) is 15.9 Å². The van der Waals surface area contributed by atoms with Crippen LogP contribution in [-0.2, 0) is 19.1 Å². The van der Waals surface area contributed by atoms with Crippen molar-refractivity contribution in [1.29, 1.82) is 0 Å². The molecule has 0 radical (unpaired) electrons. The molecule has 1 atom stereocenters. The Kier molecular flexibility index (Phi) is 5.38. The van der Waals surface area contributed by atoms with E-state index in [1.54, 1.807) is 31.2 Å². The van der Waals surface area contributed by atoms with Gasteiger partial charge in [0.05, 0.1) is 47.8 Å². The summed E-state index contributed by atoms with van der Waals surface area (Å²) in [6.45, 7) is 1.76. The predicted molar refractivity (Wildman–Crippen MR) is 111 cm³/mol. The second kappa shape index (κ2) is 8.15. The molecule has 31 heavy (non-hydrogen) atoms. The topological polar surface area (TPSA) is 127 Å². The first kappa shape index (κ1) is 20.5. The molecule has 0 spiro atoms. The maximum Gasteiger partial charge on any atom is 0.338 e. The lowest BCUT2D eigenvalue weighted by Crippen LogP contribution is -2.41. The number of hydrogen-bond acceptors (Lipinski definition) is 9. The molecule has 4 heterocycles. The number of carbonyl (C=O) groups is 2. The van der Waals surface area contributed by atoms with Gasteiger partial charge in [0, 0.05) is 6.08 Å². The van der Waals surface area contributed by atoms with Crippen LogP contribution in [0.3, 0.4) is 0 Å². The minimum Gasteiger partial charge on any atom is -0.468 e. The van der Waals surface area contributed by atoms with E-state index in [1.165, 1.54) is 25.7 Å². The molecule has 0 fully saturated rings. The molecule has 0 aromatic carbocycles. The fourth-order valence-electron chi connectivity index (χ4n) is 3.41. The molecule has 0 bridgehead atoms. The highest BCUT2D eigenvalue weighted by Gasteiger charge is 2.41. The van der Waals surface area contributed by atoms with Crippen molar-refractivity contribution in [3.05, 3.63) is 73.4 Å². The van der Waals surface area contributed by atoms with Crippen LogP contribution in [0.1, 0.15) is 24.4 Å². The Morgan fingerprint density at radius 2 is 1.94 bits per heavy atom. The molecule has 0 aliphatic carbocycles. The summed E-state index contributed by atoms with van der Waals surface area (Å²) in [6, 6.07) is 6.60. The van der Waals surface area contributed by atoms with Crippen molar-refractivity contribution in [3.63, 3.8) is 0 Å². The standard InChI is InChI=1S/C21H18N2O7S/c1-3-28-21(26)16-14(12-7-5-9-30-12)15(20(25)27-2)17(22)23-18(24)13(31-19(16)23)10-11-6-4-8-29-11/h4-10,14H,3,22H2,1-2H3/b13-10-/t14-/m0/s1. The SMILES string of the molecule is CCOC(=O)C1=c2s/c(=C\c3ccco3)c(=O)n2C(N)=C(C(=O)OC)[C@@H]1c1ccco1. The molecule has 4 rings (SSSR count). The second-order valence-electron chi connectivity index (χ2n) is 6.44. The number of hydrogen-bond donors (Lipinski definition) is 1. The van der Waals surface area contributed by atoms with Gasteiger partial charge in [-0.2, -0.15) is 0 Å². The number of methoxy groups -OCH3 is 1. The number of nitrogens with two attached hydrogens (primary N) is 1. The van der Waals surface area contributed by atoms with E-state index in [2.05, 4.69) is 0 Å². The molecule has 3 aromatic rings. The van der Waals surface area contributed by atoms with Gasteiger partial charge in [0.1, 0.15) is 22.0 Å². The maximum atomic E-state index is 13.2. The van der Waals surface area contributed by atoms with Crippen molar-refractivity contribution in [2.24, 2.45) is 5.73 Å². The summed E-state index contributed by atoms with van der Waals surface area (Å²) in [4.78, 5) is 38.9. The van der Waals surface area contributed by atoms with Crippen molar-refractivity contribution < 1.29 is 27.9 Å². The van der Waals surface area contributed by atoms with E-state index in [-0.39, 0.29) is 38.5 Å². The Hall–Kier alpha value is -3.79. The lowest BCUT2D eigenvalue weighted by atomic mass is 9.87. The first-order valence-corrected chi connectivity index (χ1v) is 10.1. The van der Waals surface area contributed by atoms with Gasteiger partial charge in [0.15, 0.2) is 0 Å². The third-order valence-corrected chi connectivity index (χ3v) is 5.80. The van der Waals surface area contributed by atoms with E-state index in [1.807, 2.05) is 0 Å². The number of fused-ring (bicyclic) bond motifs is 1. The average molecular weight is 442 g/mol. The normalized spacial score (nSPS) is 16.4. The number of esters is 2. The Morgan fingerprint density at radius 3 is 2.55 bits per heavy atom. The molecule has 3 aromatic heterocycles. The number of ether oxygens (including phenoxy) is 2. The monoisotopic (exact) mass is 442 g/mol. The van der Waals surface area contributed by atoms with Crippen molar-refractivity contribution in [3.8, 4) is 0 Å². The third kappa shape index (κ3) is 3.40. The lowest BCUT2D eigenvalue weighted by molar-refractivity contribution is -0.136. The van der Waals surface area contributed by atoms with E-state index in [9.17, 15) is 14.4 Å². The van der Waals surface area contributed by atoms with E-state index < -0.39 is 23.4 Å². The van der Waals surface area contributed by atoms with E-state index >= 15 is 0 Å². The number of carbonyl (C=O) groups excluding carboxylic acids is 2. The zero-order valence-electron chi connectivity index (χ0n) is 16.6. The molecule has 2 N–H and O–H groups in total. The molecule has 160 valence electrons. The van der Waals surface area contributed by atoms with Crippen LogP contribution in [0.5, 0.6) is 0 Å². The minimum atomic E-state index is -1.00. The van der Waals surface area contributed by atoms with Gasteiger partial charge in [-0.25, -0.2) is 9.59 Å². The lowest BCUT2D eigenvalue weighted by Gasteiger charge is -2.24. The van der Waals surface area contributed by atoms with Crippen LogP contribution >= 0.6 is 11.3 Å². The van der Waals surface area contributed by atoms with Gasteiger partial charge >= 0.3 is 11.9 Å². The molecule has 1 aliphatic heterocycles. The van der Waals surface area contributed by atoms with Gasteiger partial charge in [0.2, 0.25) is 0 Å². The smallest absolute Gasteiger partial charge is 0.338 e. The molecule has 9 nitrogen and oxygen atoms in total. The van der Waals surface area contributed by atoms with Crippen LogP contribution in [0, 0.1) is 0 Å². The van der Waals surface area contributed by atoms with Crippen LogP contribution in [0.2, 0.25) is 0 Å². The summed E-state index contributed by atoms with van der Waals surface area (Å²) in [7, 11) is 1.19. The highest BCUT2D eigenvalue weighted by molar-refractivity contribution is 7.07. The van der Waals surface area contributed by atoms with Crippen LogP contribution in [0.25, 0.3) is 17.5 Å². The minimum absolute atomic E-state index is 0.0626. The van der Waals surface area contributed by atoms with Gasteiger partial charge in [-0.1, -0.05) is 0 Å². The number of rotatable bonds is 5. The van der Waals surface area contributed by atoms with Gasteiger partial charge < -0.3 is 24.0 Å². The van der Waals surface area contributed by atoms with Gasteiger partial charge in [-0.05, 0) is 31.2 Å². The molecule has 0 saturated heterocycles. The average Bonchev–Trinajstić information content (AvgIpc) is 3.50. The van der Waals surface area contributed by atoms with Crippen LogP contribution < -0.4 is 20.5 Å². The molecule has 10 heteroatoms. The van der Waals surface area contributed by atoms with Crippen LogP contribution in [0.15, 0.2) is 56.0 Å². The van der Waals surface area contributed by atoms with Gasteiger partial charge in [-0.15, -0.1) is 11.3 Å². The van der Waals surface area contributed by atoms with Crippen LogP contribution in [0.4, 0.5) is 0 Å². The number of aromatic nitrogens is 1. The van der Waals surface area contributed by atoms with Crippen molar-refractivity contribution in [2.45, 2.75) is 12.8 Å². The van der Waals surface area contributed by atoms with Crippen molar-refractivity contribution in [2.75, 3.05) is 13.7 Å². The summed E-state index contributed by atoms with van der Waals surface area (Å²) >= 11 is 1.04. The predicted octanol–water partition coefficient (Wildman–Crippen LogP) is 0.736. The Morgan fingerprint density at radius 1 is 1.19 bits per heavy atom. The molecular weight excluding hydrogens is 424 g/mol. The van der Waals surface area contributed by atoms with Gasteiger partial charge in [-0.3, -0.25) is 9.36 Å². The summed E-state index contributed by atoms with van der Waals surface area (Å²) in [5.74, 6) is -1.90. The first-order valence-electron chi connectivity index (χ1n) is 9.28. The zero-order chi connectivity index (χ0) is 22.1. The highest BCUT2D eigenvalue weighted by Crippen LogP contribution is 2.37. The Bertz CT molecular complexity index is 1340. The van der Waals surface area contributed by atoms with E-state index in [4.69, 9.17) is 24.0 Å². The molecule has 1 aliphatic rings. The summed E-state index contributed by atoms with van der Waals surface area (Å²) in [6.07, 6.45) is 4.42. The Labute approximate surface area is 179 Å². The summed E-state index contributed by atoms with van der Waals surface area (Å²) in [5.41, 5.74) is 5.76. The quantitative estimate of drug-likeness (QED) is 0.573. The fraction of sp³-hybridized carbons (Fsp3) is 0.190. The summed E-state index contributed by atoms with van der Waals surface area (Å²) in [5, 5.41) is 0. The largest absolute Gasteiger partial charge is 0.468 e. The maximum absolute atomic E-state index is 13.2. The zero-order valence-corrected chi connectivity index (χ0v) is 17.4. The highest BCUT2D eigenvalue weighted by atomic mass is 32.1. The van der Waals surface area contributed by atoms with E-state index in [0.29, 0.717) is 5.76 Å². The molecule has 0 unspecified atom stereocenters. The van der Waals surface area contributed by atoms with Crippen molar-refractivity contribution >= 4 is 40.7 Å². The van der Waals surface area contributed by atoms with Crippen molar-refractivity contribution in [1.82, 2.24) is 4.57 Å². The second-order valence-corrected chi connectivity index (χ2v) is 7.48. The number of thiazole rings is 1. The number of nitrogens with zero attached hydrogens (tertiary/aromatic N) is 1. The molecule has 0 amide bonds. The molecule has 0 saturated carbocycles. The van der Waals surface area contributed by atoms with Gasteiger partial charge in [0.25, 0.3) is 5.56 Å². The summed E-state index contributed by atoms with van der Waals surface area (Å²) < 4.78 is 22.6. The first-order chi connectivity index (χ1) is 15.0. The van der Waals surface area contributed by atoms with Crippen LogP contribution in [-0.4, -0.2) is 30.2 Å². The number of furan rings is 2. The molecular formula is C21H18N2O7S. The Balaban J connectivity index is 2.13.